The summed E-state index contributed by atoms with van der Waals surface area (Å²) in [5.74, 6) is 5.51. The molecule has 1 aliphatic carbocycles. The number of halogens is 4. The molecule has 0 atom stereocenters. The van der Waals surface area contributed by atoms with Crippen LogP contribution in [0.25, 0.3) is 0 Å². The summed E-state index contributed by atoms with van der Waals surface area (Å²) in [5.41, 5.74) is 2.34. The summed E-state index contributed by atoms with van der Waals surface area (Å²) in [6.07, 6.45) is 5.44. The molecule has 1 fully saturated rings. The van der Waals surface area contributed by atoms with Gasteiger partial charge in [0.2, 0.25) is 0 Å². The fourth-order valence-electron chi connectivity index (χ4n) is 4.27. The van der Waals surface area contributed by atoms with Gasteiger partial charge in [0.15, 0.2) is 11.6 Å². The smallest absolute Gasteiger partial charge is 0.403 e. The van der Waals surface area contributed by atoms with Crippen molar-refractivity contribution in [1.29, 1.82) is 0 Å². The van der Waals surface area contributed by atoms with Gasteiger partial charge in [0, 0.05) is 11.1 Å². The number of hydrogen-bond acceptors (Lipinski definition) is 1. The number of alkyl halides is 3. The van der Waals surface area contributed by atoms with Gasteiger partial charge in [-0.05, 0) is 60.6 Å². The molecule has 0 amide bonds. The van der Waals surface area contributed by atoms with Gasteiger partial charge in [-0.25, -0.2) is 4.39 Å². The van der Waals surface area contributed by atoms with Crippen LogP contribution in [0.4, 0.5) is 17.6 Å². The van der Waals surface area contributed by atoms with Gasteiger partial charge in [-0.2, -0.15) is 0 Å². The number of rotatable bonds is 6. The Bertz CT molecular complexity index is 898. The molecular formula is C26H28F4O. The van der Waals surface area contributed by atoms with Crippen LogP contribution in [0.15, 0.2) is 42.5 Å². The van der Waals surface area contributed by atoms with Gasteiger partial charge >= 0.3 is 6.36 Å². The highest BCUT2D eigenvalue weighted by Gasteiger charge is 2.32. The molecule has 1 nitrogen and oxygen atoms in total. The summed E-state index contributed by atoms with van der Waals surface area (Å²) in [5, 5.41) is 0. The molecule has 2 aromatic rings. The molecule has 5 heteroatoms. The average molecular weight is 433 g/mol. The van der Waals surface area contributed by atoms with Crippen molar-refractivity contribution in [2.75, 3.05) is 0 Å². The highest BCUT2D eigenvalue weighted by molar-refractivity contribution is 5.45. The fraction of sp³-hybridized carbons (Fsp3) is 0.462. The van der Waals surface area contributed by atoms with Gasteiger partial charge in [0.05, 0.1) is 0 Å². The maximum atomic E-state index is 13.8. The lowest BCUT2D eigenvalue weighted by atomic mass is 9.78. The summed E-state index contributed by atoms with van der Waals surface area (Å²) in [7, 11) is 0. The Morgan fingerprint density at radius 3 is 2.03 bits per heavy atom. The van der Waals surface area contributed by atoms with Crippen LogP contribution in [0.1, 0.15) is 68.6 Å². The third-order valence-electron chi connectivity index (χ3n) is 5.97. The largest absolute Gasteiger partial charge is 0.573 e. The third-order valence-corrected chi connectivity index (χ3v) is 5.97. The van der Waals surface area contributed by atoms with Crippen LogP contribution >= 0.6 is 0 Å². The maximum absolute atomic E-state index is 13.8. The van der Waals surface area contributed by atoms with Crippen LogP contribution in [0, 0.1) is 29.5 Å². The Morgan fingerprint density at radius 2 is 1.45 bits per heavy atom. The molecule has 0 heterocycles. The molecule has 1 aliphatic rings. The first-order valence-electron chi connectivity index (χ1n) is 11.0. The van der Waals surface area contributed by atoms with Gasteiger partial charge < -0.3 is 4.74 Å². The zero-order valence-electron chi connectivity index (χ0n) is 17.8. The predicted molar refractivity (Wildman–Crippen MR) is 114 cm³/mol. The van der Waals surface area contributed by atoms with E-state index < -0.39 is 17.9 Å². The second-order valence-corrected chi connectivity index (χ2v) is 8.35. The van der Waals surface area contributed by atoms with E-state index in [9.17, 15) is 17.6 Å². The molecule has 31 heavy (non-hydrogen) atoms. The Labute approximate surface area is 181 Å². The monoisotopic (exact) mass is 432 g/mol. The first kappa shape index (κ1) is 23.2. The van der Waals surface area contributed by atoms with Crippen molar-refractivity contribution in [1.82, 2.24) is 0 Å². The van der Waals surface area contributed by atoms with E-state index in [2.05, 4.69) is 35.6 Å². The summed E-state index contributed by atoms with van der Waals surface area (Å²) in [6.45, 7) is 2.27. The molecule has 0 unspecified atom stereocenters. The van der Waals surface area contributed by atoms with Crippen molar-refractivity contribution < 1.29 is 22.3 Å². The minimum Gasteiger partial charge on any atom is -0.403 e. The topological polar surface area (TPSA) is 9.23 Å². The van der Waals surface area contributed by atoms with Crippen molar-refractivity contribution in [2.24, 2.45) is 11.8 Å². The van der Waals surface area contributed by atoms with E-state index in [1.807, 2.05) is 12.1 Å². The van der Waals surface area contributed by atoms with Crippen molar-refractivity contribution in [3.05, 3.63) is 65.0 Å². The van der Waals surface area contributed by atoms with E-state index >= 15 is 0 Å². The summed E-state index contributed by atoms with van der Waals surface area (Å²) in [4.78, 5) is 0. The van der Waals surface area contributed by atoms with Crippen LogP contribution in [-0.4, -0.2) is 6.36 Å². The maximum Gasteiger partial charge on any atom is 0.573 e. The Balaban J connectivity index is 1.51. The highest BCUT2D eigenvalue weighted by atomic mass is 19.4. The Morgan fingerprint density at radius 1 is 0.871 bits per heavy atom. The molecule has 3 rings (SSSR count). The molecule has 0 saturated heterocycles. The van der Waals surface area contributed by atoms with Gasteiger partial charge in [-0.1, -0.05) is 69.4 Å². The van der Waals surface area contributed by atoms with Crippen molar-refractivity contribution >= 4 is 0 Å². The van der Waals surface area contributed by atoms with Crippen LogP contribution in [0.3, 0.4) is 0 Å². The number of hydrogen-bond donors (Lipinski definition) is 0. The molecule has 0 spiro atoms. The normalized spacial score (nSPS) is 18.9. The third kappa shape index (κ3) is 7.61. The highest BCUT2D eigenvalue weighted by Crippen LogP contribution is 2.33. The lowest BCUT2D eigenvalue weighted by molar-refractivity contribution is -0.275. The summed E-state index contributed by atoms with van der Waals surface area (Å²) in [6, 6.07) is 11.2. The molecular weight excluding hydrogens is 404 g/mol. The van der Waals surface area contributed by atoms with E-state index in [0.29, 0.717) is 0 Å². The minimum absolute atomic E-state index is 0.287. The zero-order valence-corrected chi connectivity index (χ0v) is 17.8. The molecule has 0 radical (unpaired) electrons. The quantitative estimate of drug-likeness (QED) is 0.336. The number of aryl methyl sites for hydroxylation is 1. The predicted octanol–water partition coefficient (Wildman–Crippen LogP) is 7.66. The van der Waals surface area contributed by atoms with Crippen molar-refractivity contribution in [3.63, 3.8) is 0 Å². The molecule has 1 saturated carbocycles. The van der Waals surface area contributed by atoms with E-state index in [1.54, 1.807) is 0 Å². The molecule has 0 aliphatic heterocycles. The second kappa shape index (κ2) is 10.7. The zero-order chi connectivity index (χ0) is 22.3. The van der Waals surface area contributed by atoms with Crippen molar-refractivity contribution in [3.8, 4) is 17.6 Å². The standard InChI is InChI=1S/C26H28F4O/c1-2-3-19-4-6-20(7-5-19)8-9-21-10-12-22(13-11-21)14-15-23-16-17-25(24(27)18-23)31-26(28,29)30/h10-13,16-20H,2-9H2,1H3. The number of ether oxygens (including phenoxy) is 1. The van der Waals surface area contributed by atoms with Gasteiger partial charge in [-0.3, -0.25) is 0 Å². The van der Waals surface area contributed by atoms with Crippen LogP contribution in [0.2, 0.25) is 0 Å². The number of benzene rings is 2. The SMILES string of the molecule is CCCC1CCC(CCc2ccc(C#Cc3ccc(OC(F)(F)F)c(F)c3)cc2)CC1. The van der Waals surface area contributed by atoms with Gasteiger partial charge in [-0.15, -0.1) is 13.2 Å². The Kier molecular flexibility index (Phi) is 8.01. The van der Waals surface area contributed by atoms with Crippen molar-refractivity contribution in [2.45, 2.75) is 64.7 Å². The fourth-order valence-corrected chi connectivity index (χ4v) is 4.27. The van der Waals surface area contributed by atoms with Crippen LogP contribution in [-0.2, 0) is 6.42 Å². The van der Waals surface area contributed by atoms with E-state index in [1.165, 1.54) is 56.6 Å². The first-order chi connectivity index (χ1) is 14.8. The molecule has 0 bridgehead atoms. The average Bonchev–Trinajstić information content (AvgIpc) is 2.74. The van der Waals surface area contributed by atoms with E-state index in [0.717, 1.165) is 36.0 Å². The van der Waals surface area contributed by atoms with E-state index in [-0.39, 0.29) is 5.56 Å². The lowest BCUT2D eigenvalue weighted by Crippen LogP contribution is -2.17. The minimum atomic E-state index is -4.93. The van der Waals surface area contributed by atoms with Gasteiger partial charge in [0.25, 0.3) is 0 Å². The van der Waals surface area contributed by atoms with E-state index in [4.69, 9.17) is 0 Å². The second-order valence-electron chi connectivity index (χ2n) is 8.35. The first-order valence-corrected chi connectivity index (χ1v) is 11.0. The van der Waals surface area contributed by atoms with Gasteiger partial charge in [0.1, 0.15) is 0 Å². The lowest BCUT2D eigenvalue weighted by Gasteiger charge is -2.28. The molecule has 166 valence electrons. The summed E-state index contributed by atoms with van der Waals surface area (Å²) < 4.78 is 54.0. The molecule has 2 aromatic carbocycles. The van der Waals surface area contributed by atoms with Crippen LogP contribution in [0.5, 0.6) is 5.75 Å². The van der Waals surface area contributed by atoms with Crippen LogP contribution < -0.4 is 4.74 Å². The summed E-state index contributed by atoms with van der Waals surface area (Å²) >= 11 is 0. The Hall–Kier alpha value is -2.48. The molecule has 0 aromatic heterocycles. The molecule has 0 N–H and O–H groups in total.